The third-order valence-corrected chi connectivity index (χ3v) is 6.56. The molecule has 3 heterocycles. The van der Waals surface area contributed by atoms with Crippen LogP contribution in [0.25, 0.3) is 11.1 Å². The van der Waals surface area contributed by atoms with Crippen molar-refractivity contribution in [3.05, 3.63) is 88.3 Å². The first-order valence-corrected chi connectivity index (χ1v) is 10.8. The van der Waals surface area contributed by atoms with Gasteiger partial charge in [-0.3, -0.25) is 9.59 Å². The summed E-state index contributed by atoms with van der Waals surface area (Å²) in [6, 6.07) is 21.5. The minimum Gasteiger partial charge on any atom is -0.497 e. The average Bonchev–Trinajstić information content (AvgIpc) is 2.80. The van der Waals surface area contributed by atoms with Gasteiger partial charge in [0.1, 0.15) is 5.75 Å². The predicted molar refractivity (Wildman–Crippen MR) is 120 cm³/mol. The van der Waals surface area contributed by atoms with Gasteiger partial charge in [0.25, 0.3) is 5.56 Å². The third kappa shape index (κ3) is 3.76. The Morgan fingerprint density at radius 3 is 2.48 bits per heavy atom. The molecular formula is C26H26N2O3. The molecule has 1 amide bonds. The Morgan fingerprint density at radius 1 is 0.968 bits per heavy atom. The van der Waals surface area contributed by atoms with Crippen LogP contribution in [0.1, 0.15) is 23.6 Å². The first kappa shape index (κ1) is 19.6. The number of fused-ring (bicyclic) bond motifs is 4. The molecule has 0 saturated carbocycles. The van der Waals surface area contributed by atoms with Crippen LogP contribution in [-0.4, -0.2) is 35.6 Å². The van der Waals surface area contributed by atoms with Crippen molar-refractivity contribution in [2.75, 3.05) is 20.2 Å². The Labute approximate surface area is 181 Å². The number of hydrogen-bond donors (Lipinski definition) is 0. The highest BCUT2D eigenvalue weighted by molar-refractivity contribution is 5.79. The number of benzene rings is 2. The van der Waals surface area contributed by atoms with Crippen molar-refractivity contribution in [3.63, 3.8) is 0 Å². The van der Waals surface area contributed by atoms with Gasteiger partial charge in [-0.2, -0.15) is 0 Å². The van der Waals surface area contributed by atoms with E-state index in [2.05, 4.69) is 6.07 Å². The van der Waals surface area contributed by atoms with Gasteiger partial charge in [-0.25, -0.2) is 0 Å². The average molecular weight is 415 g/mol. The maximum absolute atomic E-state index is 13.3. The molecule has 0 radical (unpaired) electrons. The number of piperidine rings is 1. The molecule has 5 heteroatoms. The molecule has 1 aromatic heterocycles. The lowest BCUT2D eigenvalue weighted by Crippen LogP contribution is -2.49. The number of carbonyl (C=O) groups is 1. The third-order valence-electron chi connectivity index (χ3n) is 6.56. The second kappa shape index (κ2) is 8.06. The lowest BCUT2D eigenvalue weighted by molar-refractivity contribution is -0.133. The monoisotopic (exact) mass is 414 g/mol. The molecule has 2 bridgehead atoms. The van der Waals surface area contributed by atoms with Gasteiger partial charge in [0.2, 0.25) is 5.91 Å². The standard InChI is InChI=1S/C26H26N2O3/c1-31-22-9-7-20(8-10-22)23-11-12-24-21-13-19(16-28(24)26(23)30)15-27(17-21)25(29)14-18-5-3-2-4-6-18/h2-12,19,21H,13-17H2,1H3/t19-,21+/m0/s1. The van der Waals surface area contributed by atoms with E-state index in [1.165, 1.54) is 0 Å². The minimum absolute atomic E-state index is 0.0569. The van der Waals surface area contributed by atoms with E-state index in [1.807, 2.05) is 70.1 Å². The van der Waals surface area contributed by atoms with E-state index in [-0.39, 0.29) is 17.4 Å². The molecule has 2 aromatic carbocycles. The Morgan fingerprint density at radius 2 is 1.74 bits per heavy atom. The number of pyridine rings is 1. The fourth-order valence-electron chi connectivity index (χ4n) is 5.02. The maximum Gasteiger partial charge on any atom is 0.258 e. The number of likely N-dealkylation sites (tertiary alicyclic amines) is 1. The van der Waals surface area contributed by atoms with Crippen LogP contribution in [0.4, 0.5) is 0 Å². The van der Waals surface area contributed by atoms with Crippen molar-refractivity contribution < 1.29 is 9.53 Å². The van der Waals surface area contributed by atoms with Crippen molar-refractivity contribution in [1.82, 2.24) is 9.47 Å². The van der Waals surface area contributed by atoms with Gasteiger partial charge < -0.3 is 14.2 Å². The van der Waals surface area contributed by atoms with Crippen LogP contribution < -0.4 is 10.3 Å². The van der Waals surface area contributed by atoms with Gasteiger partial charge in [-0.1, -0.05) is 42.5 Å². The Balaban J connectivity index is 1.39. The van der Waals surface area contributed by atoms with Crippen LogP contribution in [0.3, 0.4) is 0 Å². The fraction of sp³-hybridized carbons (Fsp3) is 0.308. The SMILES string of the molecule is COc1ccc(-c2ccc3n(c2=O)C[C@H]2C[C@@H]3CN(C(=O)Cc3ccccc3)C2)cc1. The summed E-state index contributed by atoms with van der Waals surface area (Å²) < 4.78 is 7.17. The fourth-order valence-corrected chi connectivity index (χ4v) is 5.02. The summed E-state index contributed by atoms with van der Waals surface area (Å²) in [6.07, 6.45) is 1.47. The van der Waals surface area contributed by atoms with Gasteiger partial charge in [-0.15, -0.1) is 0 Å². The summed E-state index contributed by atoms with van der Waals surface area (Å²) in [5.74, 6) is 1.47. The number of methoxy groups -OCH3 is 1. The van der Waals surface area contributed by atoms with E-state index in [9.17, 15) is 9.59 Å². The molecular weight excluding hydrogens is 388 g/mol. The van der Waals surface area contributed by atoms with Crippen LogP contribution in [0.15, 0.2) is 71.5 Å². The van der Waals surface area contributed by atoms with E-state index >= 15 is 0 Å². The summed E-state index contributed by atoms with van der Waals surface area (Å²) >= 11 is 0. The van der Waals surface area contributed by atoms with Gasteiger partial charge in [0.15, 0.2) is 0 Å². The minimum atomic E-state index is 0.0569. The predicted octanol–water partition coefficient (Wildman–Crippen LogP) is 3.71. The van der Waals surface area contributed by atoms with Crippen molar-refractivity contribution in [2.45, 2.75) is 25.3 Å². The van der Waals surface area contributed by atoms with E-state index in [0.29, 0.717) is 31.0 Å². The van der Waals surface area contributed by atoms with Gasteiger partial charge >= 0.3 is 0 Å². The first-order valence-electron chi connectivity index (χ1n) is 10.8. The summed E-state index contributed by atoms with van der Waals surface area (Å²) in [7, 11) is 1.63. The smallest absolute Gasteiger partial charge is 0.258 e. The molecule has 0 spiro atoms. The van der Waals surface area contributed by atoms with Crippen LogP contribution in [0.2, 0.25) is 0 Å². The molecule has 2 atom stereocenters. The van der Waals surface area contributed by atoms with Gasteiger partial charge in [0.05, 0.1) is 13.5 Å². The normalized spacial score (nSPS) is 19.6. The van der Waals surface area contributed by atoms with E-state index in [4.69, 9.17) is 4.74 Å². The maximum atomic E-state index is 13.3. The molecule has 2 aliphatic heterocycles. The molecule has 1 saturated heterocycles. The molecule has 5 rings (SSSR count). The van der Waals surface area contributed by atoms with Crippen LogP contribution in [0.5, 0.6) is 5.75 Å². The molecule has 158 valence electrons. The van der Waals surface area contributed by atoms with Crippen LogP contribution >= 0.6 is 0 Å². The number of carbonyl (C=O) groups excluding carboxylic acids is 1. The van der Waals surface area contributed by atoms with E-state index in [0.717, 1.165) is 35.5 Å². The highest BCUT2D eigenvalue weighted by atomic mass is 16.5. The van der Waals surface area contributed by atoms with Crippen molar-refractivity contribution >= 4 is 5.91 Å². The Kier molecular flexibility index (Phi) is 5.10. The van der Waals surface area contributed by atoms with Crippen molar-refractivity contribution in [2.24, 2.45) is 5.92 Å². The number of ether oxygens (including phenoxy) is 1. The Bertz CT molecular complexity index is 1150. The van der Waals surface area contributed by atoms with Crippen molar-refractivity contribution in [1.29, 1.82) is 0 Å². The van der Waals surface area contributed by atoms with Crippen LogP contribution in [-0.2, 0) is 17.8 Å². The zero-order valence-electron chi connectivity index (χ0n) is 17.7. The zero-order valence-corrected chi connectivity index (χ0v) is 17.7. The van der Waals surface area contributed by atoms with E-state index < -0.39 is 0 Å². The summed E-state index contributed by atoms with van der Waals surface area (Å²) in [5, 5.41) is 0. The number of amides is 1. The molecule has 0 unspecified atom stereocenters. The number of rotatable bonds is 4. The van der Waals surface area contributed by atoms with Crippen molar-refractivity contribution in [3.8, 4) is 16.9 Å². The molecule has 1 fully saturated rings. The molecule has 5 nitrogen and oxygen atoms in total. The molecule has 0 N–H and O–H groups in total. The largest absolute Gasteiger partial charge is 0.497 e. The number of hydrogen-bond acceptors (Lipinski definition) is 3. The Hall–Kier alpha value is -3.34. The number of aromatic nitrogens is 1. The second-order valence-electron chi connectivity index (χ2n) is 8.58. The second-order valence-corrected chi connectivity index (χ2v) is 8.58. The molecule has 31 heavy (non-hydrogen) atoms. The molecule has 0 aliphatic carbocycles. The molecule has 3 aromatic rings. The number of nitrogens with zero attached hydrogens (tertiary/aromatic N) is 2. The van der Waals surface area contributed by atoms with E-state index in [1.54, 1.807) is 7.11 Å². The topological polar surface area (TPSA) is 51.5 Å². The zero-order chi connectivity index (χ0) is 21.4. The quantitative estimate of drug-likeness (QED) is 0.654. The molecule has 2 aliphatic rings. The first-order chi connectivity index (χ1) is 15.1. The van der Waals surface area contributed by atoms with Gasteiger partial charge in [-0.05, 0) is 47.7 Å². The lowest BCUT2D eigenvalue weighted by Gasteiger charge is -2.43. The summed E-state index contributed by atoms with van der Waals surface area (Å²) in [6.45, 7) is 2.08. The summed E-state index contributed by atoms with van der Waals surface area (Å²) in [5.41, 5.74) is 3.76. The lowest BCUT2D eigenvalue weighted by atomic mass is 9.82. The highest BCUT2D eigenvalue weighted by Crippen LogP contribution is 2.36. The van der Waals surface area contributed by atoms with Crippen LogP contribution in [0, 0.1) is 5.92 Å². The van der Waals surface area contributed by atoms with Gasteiger partial charge in [0, 0.05) is 36.8 Å². The highest BCUT2D eigenvalue weighted by Gasteiger charge is 2.36. The summed E-state index contributed by atoms with van der Waals surface area (Å²) in [4.78, 5) is 28.2.